The minimum absolute atomic E-state index is 0.654. The zero-order chi connectivity index (χ0) is 13.0. The topological polar surface area (TPSA) is 30.9 Å². The van der Waals surface area contributed by atoms with Crippen LogP contribution in [0.3, 0.4) is 0 Å². The van der Waals surface area contributed by atoms with E-state index in [0.29, 0.717) is 5.41 Å². The quantitative estimate of drug-likeness (QED) is 0.466. The van der Waals surface area contributed by atoms with Gasteiger partial charge in [-0.25, -0.2) is 0 Å². The molecule has 1 saturated carbocycles. The molecular weight excluding hydrogens is 224 g/mol. The van der Waals surface area contributed by atoms with E-state index in [0.717, 1.165) is 19.0 Å². The molecule has 2 aliphatic rings. The molecule has 1 aliphatic carbocycles. The molecule has 0 bridgehead atoms. The van der Waals surface area contributed by atoms with Gasteiger partial charge in [0, 0.05) is 26.7 Å². The molecule has 0 aromatic heterocycles. The lowest BCUT2D eigenvalue weighted by Crippen LogP contribution is -2.43. The minimum atomic E-state index is 0.654. The summed E-state index contributed by atoms with van der Waals surface area (Å²) in [6.45, 7) is 4.57. The van der Waals surface area contributed by atoms with Crippen molar-refractivity contribution in [3.05, 3.63) is 0 Å². The summed E-state index contributed by atoms with van der Waals surface area (Å²) in [7, 11) is 6.14. The zero-order valence-electron chi connectivity index (χ0n) is 12.2. The Balaban J connectivity index is 1.72. The molecule has 0 aromatic rings. The maximum Gasteiger partial charge on any atom is 0.193 e. The Labute approximate surface area is 111 Å². The molecule has 2 fully saturated rings. The van der Waals surface area contributed by atoms with Crippen LogP contribution < -0.4 is 5.32 Å². The molecule has 104 valence electrons. The number of hydrogen-bond acceptors (Lipinski definition) is 2. The van der Waals surface area contributed by atoms with Crippen molar-refractivity contribution in [2.45, 2.75) is 32.1 Å². The van der Waals surface area contributed by atoms with Crippen LogP contribution in [0.2, 0.25) is 0 Å². The van der Waals surface area contributed by atoms with Crippen LogP contribution in [0.15, 0.2) is 4.99 Å². The van der Waals surface area contributed by atoms with Crippen molar-refractivity contribution in [2.75, 3.05) is 47.3 Å². The second-order valence-electron chi connectivity index (χ2n) is 6.16. The normalized spacial score (nSPS) is 22.7. The molecule has 1 spiro atoms. The molecule has 18 heavy (non-hydrogen) atoms. The highest BCUT2D eigenvalue weighted by atomic mass is 15.3. The van der Waals surface area contributed by atoms with Gasteiger partial charge in [-0.2, -0.15) is 0 Å². The smallest absolute Gasteiger partial charge is 0.193 e. The van der Waals surface area contributed by atoms with E-state index in [-0.39, 0.29) is 0 Å². The second-order valence-corrected chi connectivity index (χ2v) is 6.16. The van der Waals surface area contributed by atoms with E-state index in [1.165, 1.54) is 45.2 Å². The molecule has 1 heterocycles. The van der Waals surface area contributed by atoms with E-state index in [4.69, 9.17) is 0 Å². The number of aliphatic imine (C=N–C) groups is 1. The van der Waals surface area contributed by atoms with Crippen LogP contribution in [0, 0.1) is 5.41 Å². The molecule has 0 atom stereocenters. The maximum atomic E-state index is 4.43. The van der Waals surface area contributed by atoms with Crippen molar-refractivity contribution in [2.24, 2.45) is 10.4 Å². The summed E-state index contributed by atoms with van der Waals surface area (Å²) in [6, 6.07) is 0. The Bertz CT molecular complexity index is 294. The van der Waals surface area contributed by atoms with Gasteiger partial charge < -0.3 is 15.1 Å². The fourth-order valence-corrected chi connectivity index (χ4v) is 3.13. The third-order valence-electron chi connectivity index (χ3n) is 4.43. The summed E-state index contributed by atoms with van der Waals surface area (Å²) in [5, 5.41) is 3.50. The van der Waals surface area contributed by atoms with Gasteiger partial charge in [0.1, 0.15) is 0 Å². The first-order chi connectivity index (χ1) is 8.65. The molecule has 0 amide bonds. The zero-order valence-corrected chi connectivity index (χ0v) is 12.2. The number of nitrogens with zero attached hydrogens (tertiary/aromatic N) is 3. The molecule has 4 nitrogen and oxygen atoms in total. The first-order valence-corrected chi connectivity index (χ1v) is 7.26. The molecule has 1 aliphatic heterocycles. The molecule has 4 heteroatoms. The lowest BCUT2D eigenvalue weighted by molar-refractivity contribution is 0.151. The Morgan fingerprint density at radius 3 is 2.61 bits per heavy atom. The SMILES string of the molecule is CN=C(NCCCN(C)C)N1CCC2(CCC2)C1. The third-order valence-corrected chi connectivity index (χ3v) is 4.43. The van der Waals surface area contributed by atoms with E-state index in [9.17, 15) is 0 Å². The fourth-order valence-electron chi connectivity index (χ4n) is 3.13. The van der Waals surface area contributed by atoms with Crippen LogP contribution in [0.1, 0.15) is 32.1 Å². The summed E-state index contributed by atoms with van der Waals surface area (Å²) in [6.07, 6.45) is 6.83. The number of rotatable bonds is 4. The van der Waals surface area contributed by atoms with Crippen molar-refractivity contribution < 1.29 is 0 Å². The van der Waals surface area contributed by atoms with Crippen LogP contribution in [-0.4, -0.2) is 63.1 Å². The Hall–Kier alpha value is -0.770. The predicted molar refractivity (Wildman–Crippen MR) is 77.0 cm³/mol. The standard InChI is InChI=1S/C14H28N4/c1-15-13(16-9-5-10-17(2)3)18-11-8-14(12-18)6-4-7-14/h4-12H2,1-3H3,(H,15,16). The second kappa shape index (κ2) is 5.91. The van der Waals surface area contributed by atoms with Gasteiger partial charge in [-0.1, -0.05) is 6.42 Å². The van der Waals surface area contributed by atoms with Gasteiger partial charge in [-0.05, 0) is 51.7 Å². The maximum absolute atomic E-state index is 4.43. The van der Waals surface area contributed by atoms with Crippen LogP contribution in [0.25, 0.3) is 0 Å². The van der Waals surface area contributed by atoms with Gasteiger partial charge in [-0.3, -0.25) is 4.99 Å². The molecule has 2 rings (SSSR count). The Morgan fingerprint density at radius 1 is 1.33 bits per heavy atom. The first kappa shape index (κ1) is 13.7. The average molecular weight is 252 g/mol. The third kappa shape index (κ3) is 3.16. The fraction of sp³-hybridized carbons (Fsp3) is 0.929. The highest BCUT2D eigenvalue weighted by Crippen LogP contribution is 2.47. The minimum Gasteiger partial charge on any atom is -0.356 e. The first-order valence-electron chi connectivity index (χ1n) is 7.26. The molecule has 0 radical (unpaired) electrons. The monoisotopic (exact) mass is 252 g/mol. The number of hydrogen-bond donors (Lipinski definition) is 1. The van der Waals surface area contributed by atoms with Crippen LogP contribution >= 0.6 is 0 Å². The van der Waals surface area contributed by atoms with E-state index >= 15 is 0 Å². The van der Waals surface area contributed by atoms with Crippen molar-refractivity contribution in [3.8, 4) is 0 Å². The van der Waals surface area contributed by atoms with Gasteiger partial charge in [0.25, 0.3) is 0 Å². The van der Waals surface area contributed by atoms with Crippen LogP contribution in [-0.2, 0) is 0 Å². The van der Waals surface area contributed by atoms with Gasteiger partial charge in [0.15, 0.2) is 5.96 Å². The highest BCUT2D eigenvalue weighted by Gasteiger charge is 2.43. The van der Waals surface area contributed by atoms with Crippen LogP contribution in [0.5, 0.6) is 0 Å². The van der Waals surface area contributed by atoms with Gasteiger partial charge in [-0.15, -0.1) is 0 Å². The summed E-state index contributed by atoms with van der Waals surface area (Å²) >= 11 is 0. The Morgan fingerprint density at radius 2 is 2.11 bits per heavy atom. The van der Waals surface area contributed by atoms with E-state index in [1.807, 2.05) is 7.05 Å². The van der Waals surface area contributed by atoms with Crippen molar-refractivity contribution >= 4 is 5.96 Å². The largest absolute Gasteiger partial charge is 0.356 e. The summed E-state index contributed by atoms with van der Waals surface area (Å²) in [5.74, 6) is 1.11. The predicted octanol–water partition coefficient (Wildman–Crippen LogP) is 1.39. The number of nitrogens with one attached hydrogen (secondary N) is 1. The van der Waals surface area contributed by atoms with Crippen molar-refractivity contribution in [1.29, 1.82) is 0 Å². The van der Waals surface area contributed by atoms with Crippen LogP contribution in [0.4, 0.5) is 0 Å². The summed E-state index contributed by atoms with van der Waals surface area (Å²) in [4.78, 5) is 9.11. The van der Waals surface area contributed by atoms with Gasteiger partial charge >= 0.3 is 0 Å². The lowest BCUT2D eigenvalue weighted by Gasteiger charge is -2.38. The summed E-state index contributed by atoms with van der Waals surface area (Å²) < 4.78 is 0. The molecule has 1 N–H and O–H groups in total. The Kier molecular flexibility index (Phi) is 4.49. The van der Waals surface area contributed by atoms with Crippen molar-refractivity contribution in [1.82, 2.24) is 15.1 Å². The highest BCUT2D eigenvalue weighted by molar-refractivity contribution is 5.80. The summed E-state index contributed by atoms with van der Waals surface area (Å²) in [5.41, 5.74) is 0.654. The van der Waals surface area contributed by atoms with E-state index < -0.39 is 0 Å². The van der Waals surface area contributed by atoms with Gasteiger partial charge in [0.2, 0.25) is 0 Å². The molecular formula is C14H28N4. The average Bonchev–Trinajstić information content (AvgIpc) is 2.73. The van der Waals surface area contributed by atoms with E-state index in [2.05, 4.69) is 34.2 Å². The van der Waals surface area contributed by atoms with Gasteiger partial charge in [0.05, 0.1) is 0 Å². The molecule has 0 unspecified atom stereocenters. The number of likely N-dealkylation sites (tertiary alicyclic amines) is 1. The lowest BCUT2D eigenvalue weighted by atomic mass is 9.68. The van der Waals surface area contributed by atoms with Crippen molar-refractivity contribution in [3.63, 3.8) is 0 Å². The number of guanidine groups is 1. The molecule has 0 aromatic carbocycles. The molecule has 1 saturated heterocycles. The van der Waals surface area contributed by atoms with E-state index in [1.54, 1.807) is 0 Å².